The van der Waals surface area contributed by atoms with E-state index < -0.39 is 12.1 Å². The lowest BCUT2D eigenvalue weighted by Crippen LogP contribution is -2.27. The van der Waals surface area contributed by atoms with E-state index in [9.17, 15) is 9.90 Å². The van der Waals surface area contributed by atoms with E-state index in [1.54, 1.807) is 0 Å². The van der Waals surface area contributed by atoms with E-state index in [0.717, 1.165) is 5.56 Å². The van der Waals surface area contributed by atoms with Crippen LogP contribution in [0.3, 0.4) is 0 Å². The highest BCUT2D eigenvalue weighted by Crippen LogP contribution is 2.26. The molecule has 0 fully saturated rings. The summed E-state index contributed by atoms with van der Waals surface area (Å²) in [6.45, 7) is 8.26. The fourth-order valence-corrected chi connectivity index (χ4v) is 1.79. The average Bonchev–Trinajstić information content (AvgIpc) is 2.35. The van der Waals surface area contributed by atoms with Gasteiger partial charge in [0, 0.05) is 5.92 Å². The Labute approximate surface area is 109 Å². The molecule has 0 aromatic heterocycles. The largest absolute Gasteiger partial charge is 0.467 e. The number of rotatable bonds is 3. The van der Waals surface area contributed by atoms with Crippen molar-refractivity contribution in [3.05, 3.63) is 35.4 Å². The smallest absolute Gasteiger partial charge is 0.335 e. The van der Waals surface area contributed by atoms with Gasteiger partial charge in [-0.05, 0) is 16.5 Å². The quantitative estimate of drug-likeness (QED) is 0.839. The molecule has 1 N–H and O–H groups in total. The highest BCUT2D eigenvalue weighted by atomic mass is 16.5. The third-order valence-corrected chi connectivity index (χ3v) is 3.22. The first-order chi connectivity index (χ1) is 8.27. The van der Waals surface area contributed by atoms with Crippen LogP contribution in [0.1, 0.15) is 44.7 Å². The summed E-state index contributed by atoms with van der Waals surface area (Å²) in [5.74, 6) is -0.867. The van der Waals surface area contributed by atoms with Crippen LogP contribution in [-0.2, 0) is 14.9 Å². The van der Waals surface area contributed by atoms with Crippen molar-refractivity contribution < 1.29 is 14.6 Å². The Balaban J connectivity index is 2.89. The second kappa shape index (κ2) is 5.53. The second-order valence-corrected chi connectivity index (χ2v) is 5.63. The third-order valence-electron chi connectivity index (χ3n) is 3.22. The highest BCUT2D eigenvalue weighted by molar-refractivity contribution is 5.75. The third kappa shape index (κ3) is 3.33. The summed E-state index contributed by atoms with van der Waals surface area (Å²) in [5, 5.41) is 9.79. The van der Waals surface area contributed by atoms with Crippen LogP contribution in [0.5, 0.6) is 0 Å². The van der Waals surface area contributed by atoms with Gasteiger partial charge in [-0.1, -0.05) is 52.0 Å². The standard InChI is InChI=1S/C15H22O3/c1-10(13(16)14(17)18-5)11-6-8-12(9-7-11)15(2,3)4/h6-10,13,16H,1-5H3. The number of methoxy groups -OCH3 is 1. The number of hydrogen-bond acceptors (Lipinski definition) is 3. The maximum Gasteiger partial charge on any atom is 0.335 e. The van der Waals surface area contributed by atoms with Gasteiger partial charge in [0.25, 0.3) is 0 Å². The molecule has 0 aliphatic rings. The fourth-order valence-electron chi connectivity index (χ4n) is 1.79. The van der Waals surface area contributed by atoms with Crippen LogP contribution in [0, 0.1) is 0 Å². The minimum Gasteiger partial charge on any atom is -0.467 e. The summed E-state index contributed by atoms with van der Waals surface area (Å²) >= 11 is 0. The zero-order valence-corrected chi connectivity index (χ0v) is 11.7. The molecule has 1 aromatic rings. The van der Waals surface area contributed by atoms with E-state index in [1.165, 1.54) is 12.7 Å². The number of carbonyl (C=O) groups excluding carboxylic acids is 1. The number of esters is 1. The number of carbonyl (C=O) groups is 1. The van der Waals surface area contributed by atoms with Gasteiger partial charge in [-0.2, -0.15) is 0 Å². The molecule has 1 rings (SSSR count). The Bertz CT molecular complexity index is 401. The molecule has 2 atom stereocenters. The topological polar surface area (TPSA) is 46.5 Å². The molecule has 2 unspecified atom stereocenters. The zero-order valence-electron chi connectivity index (χ0n) is 11.7. The van der Waals surface area contributed by atoms with Crippen LogP contribution in [0.2, 0.25) is 0 Å². The monoisotopic (exact) mass is 250 g/mol. The van der Waals surface area contributed by atoms with E-state index >= 15 is 0 Å². The first-order valence-electron chi connectivity index (χ1n) is 6.13. The summed E-state index contributed by atoms with van der Waals surface area (Å²) in [4.78, 5) is 11.3. The molecule has 18 heavy (non-hydrogen) atoms. The Hall–Kier alpha value is -1.35. The molecule has 0 heterocycles. The van der Waals surface area contributed by atoms with Crippen LogP contribution in [0.25, 0.3) is 0 Å². The molecule has 0 bridgehead atoms. The van der Waals surface area contributed by atoms with Crippen molar-refractivity contribution in [2.45, 2.75) is 45.1 Å². The molecule has 100 valence electrons. The summed E-state index contributed by atoms with van der Waals surface area (Å²) in [6.07, 6.45) is -1.12. The van der Waals surface area contributed by atoms with Crippen LogP contribution >= 0.6 is 0 Å². The molecule has 0 aliphatic carbocycles. The molecule has 0 aliphatic heterocycles. The molecule has 1 aromatic carbocycles. The lowest BCUT2D eigenvalue weighted by molar-refractivity contribution is -0.151. The molecular formula is C15H22O3. The summed E-state index contributed by atoms with van der Waals surface area (Å²) in [5.41, 5.74) is 2.26. The molecule has 0 amide bonds. The van der Waals surface area contributed by atoms with Crippen LogP contribution in [0.4, 0.5) is 0 Å². The van der Waals surface area contributed by atoms with Gasteiger partial charge in [-0.15, -0.1) is 0 Å². The van der Waals surface area contributed by atoms with Gasteiger partial charge in [-0.25, -0.2) is 4.79 Å². The van der Waals surface area contributed by atoms with Crippen molar-refractivity contribution in [2.24, 2.45) is 0 Å². The number of ether oxygens (including phenoxy) is 1. The minimum atomic E-state index is -1.12. The second-order valence-electron chi connectivity index (χ2n) is 5.63. The average molecular weight is 250 g/mol. The molecule has 3 heteroatoms. The van der Waals surface area contributed by atoms with E-state index in [-0.39, 0.29) is 11.3 Å². The van der Waals surface area contributed by atoms with Crippen LogP contribution in [-0.4, -0.2) is 24.3 Å². The van der Waals surface area contributed by atoms with Crippen molar-refractivity contribution >= 4 is 5.97 Å². The van der Waals surface area contributed by atoms with E-state index in [4.69, 9.17) is 0 Å². The lowest BCUT2D eigenvalue weighted by atomic mass is 9.85. The zero-order chi connectivity index (χ0) is 13.9. The van der Waals surface area contributed by atoms with Crippen LogP contribution < -0.4 is 0 Å². The molecular weight excluding hydrogens is 228 g/mol. The summed E-state index contributed by atoms with van der Waals surface area (Å²) in [7, 11) is 1.28. The van der Waals surface area contributed by atoms with E-state index in [2.05, 4.69) is 25.5 Å². The SMILES string of the molecule is COC(=O)C(O)C(C)c1ccc(C(C)(C)C)cc1. The summed E-state index contributed by atoms with van der Waals surface area (Å²) < 4.78 is 4.54. The lowest BCUT2D eigenvalue weighted by Gasteiger charge is -2.21. The Morgan fingerprint density at radius 2 is 1.72 bits per heavy atom. The van der Waals surface area contributed by atoms with Gasteiger partial charge >= 0.3 is 5.97 Å². The van der Waals surface area contributed by atoms with Crippen molar-refractivity contribution in [3.8, 4) is 0 Å². The number of aliphatic hydroxyl groups excluding tert-OH is 1. The van der Waals surface area contributed by atoms with Crippen molar-refractivity contribution in [1.29, 1.82) is 0 Å². The molecule has 0 saturated carbocycles. The highest BCUT2D eigenvalue weighted by Gasteiger charge is 2.24. The summed E-state index contributed by atoms with van der Waals surface area (Å²) in [6, 6.07) is 7.99. The fraction of sp³-hybridized carbons (Fsp3) is 0.533. The van der Waals surface area contributed by atoms with Gasteiger partial charge < -0.3 is 9.84 Å². The van der Waals surface area contributed by atoms with Crippen molar-refractivity contribution in [3.63, 3.8) is 0 Å². The molecule has 0 spiro atoms. The minimum absolute atomic E-state index is 0.0999. The maximum absolute atomic E-state index is 11.3. The number of benzene rings is 1. The predicted octanol–water partition coefficient (Wildman–Crippen LogP) is 2.62. The van der Waals surface area contributed by atoms with Gasteiger partial charge in [0.2, 0.25) is 0 Å². The molecule has 3 nitrogen and oxygen atoms in total. The van der Waals surface area contributed by atoms with Crippen molar-refractivity contribution in [2.75, 3.05) is 7.11 Å². The van der Waals surface area contributed by atoms with Gasteiger partial charge in [-0.3, -0.25) is 0 Å². The Morgan fingerprint density at radius 3 is 2.11 bits per heavy atom. The van der Waals surface area contributed by atoms with Gasteiger partial charge in [0.15, 0.2) is 6.10 Å². The van der Waals surface area contributed by atoms with Crippen molar-refractivity contribution in [1.82, 2.24) is 0 Å². The normalized spacial score (nSPS) is 15.0. The predicted molar refractivity (Wildman–Crippen MR) is 71.6 cm³/mol. The number of aliphatic hydroxyl groups is 1. The first-order valence-corrected chi connectivity index (χ1v) is 6.13. The maximum atomic E-state index is 11.3. The first kappa shape index (κ1) is 14.7. The Kier molecular flexibility index (Phi) is 4.52. The molecule has 0 radical (unpaired) electrons. The van der Waals surface area contributed by atoms with Gasteiger partial charge in [0.05, 0.1) is 7.11 Å². The van der Waals surface area contributed by atoms with Gasteiger partial charge in [0.1, 0.15) is 0 Å². The van der Waals surface area contributed by atoms with E-state index in [1.807, 2.05) is 31.2 Å². The Morgan fingerprint density at radius 1 is 1.22 bits per heavy atom. The van der Waals surface area contributed by atoms with E-state index in [0.29, 0.717) is 0 Å². The molecule has 0 saturated heterocycles. The van der Waals surface area contributed by atoms with Crippen LogP contribution in [0.15, 0.2) is 24.3 Å². The number of hydrogen-bond donors (Lipinski definition) is 1.